The van der Waals surface area contributed by atoms with Crippen LogP contribution in [0.2, 0.25) is 0 Å². The van der Waals surface area contributed by atoms with Gasteiger partial charge in [0, 0.05) is 19.0 Å². The molecular weight excluding hydrogens is 398 g/mol. The van der Waals surface area contributed by atoms with Gasteiger partial charge in [0.1, 0.15) is 6.54 Å². The van der Waals surface area contributed by atoms with Gasteiger partial charge in [0.25, 0.3) is 0 Å². The maximum Gasteiger partial charge on any atom is 0.329 e. The summed E-state index contributed by atoms with van der Waals surface area (Å²) in [5, 5.41) is 3.03. The first-order valence-corrected chi connectivity index (χ1v) is 11.2. The molecule has 1 amide bonds. The summed E-state index contributed by atoms with van der Waals surface area (Å²) in [6, 6.07) is 28.4. The van der Waals surface area contributed by atoms with E-state index < -0.39 is 0 Å². The zero-order valence-corrected chi connectivity index (χ0v) is 18.4. The summed E-state index contributed by atoms with van der Waals surface area (Å²) in [6.45, 7) is 3.25. The topological polar surface area (TPSA) is 56.0 Å². The van der Waals surface area contributed by atoms with Crippen LogP contribution in [0.4, 0.5) is 0 Å². The summed E-state index contributed by atoms with van der Waals surface area (Å²) in [5.74, 6) is 0.0539. The summed E-state index contributed by atoms with van der Waals surface area (Å²) < 4.78 is 3.33. The van der Waals surface area contributed by atoms with Crippen molar-refractivity contribution >= 4 is 16.9 Å². The molecule has 0 aliphatic carbocycles. The molecule has 0 bridgehead atoms. The molecule has 0 atom stereocenters. The molecule has 0 saturated heterocycles. The fraction of sp³-hybridized carbons (Fsp3) is 0.259. The van der Waals surface area contributed by atoms with Gasteiger partial charge in [-0.15, -0.1) is 0 Å². The second-order valence-corrected chi connectivity index (χ2v) is 8.02. The van der Waals surface area contributed by atoms with Gasteiger partial charge in [-0.1, -0.05) is 79.7 Å². The molecule has 0 aliphatic rings. The number of carbonyl (C=O) groups excluding carboxylic acids is 1. The number of imidazole rings is 1. The first kappa shape index (κ1) is 21.6. The third kappa shape index (κ3) is 4.67. The third-order valence-corrected chi connectivity index (χ3v) is 5.83. The van der Waals surface area contributed by atoms with Crippen LogP contribution in [0.15, 0.2) is 89.7 Å². The van der Waals surface area contributed by atoms with Crippen LogP contribution >= 0.6 is 0 Å². The maximum atomic E-state index is 12.9. The van der Waals surface area contributed by atoms with Gasteiger partial charge < -0.3 is 5.32 Å². The quantitative estimate of drug-likeness (QED) is 0.426. The number of nitrogens with zero attached hydrogens (tertiary/aromatic N) is 2. The molecule has 0 saturated carbocycles. The molecule has 0 fully saturated rings. The highest BCUT2D eigenvalue weighted by Gasteiger charge is 2.17. The van der Waals surface area contributed by atoms with Crippen LogP contribution in [0.5, 0.6) is 0 Å². The summed E-state index contributed by atoms with van der Waals surface area (Å²) >= 11 is 0. The number of benzene rings is 3. The molecule has 1 heterocycles. The molecule has 5 nitrogen and oxygen atoms in total. The molecule has 4 aromatic rings. The van der Waals surface area contributed by atoms with E-state index in [1.165, 1.54) is 11.1 Å². The van der Waals surface area contributed by atoms with Crippen molar-refractivity contribution < 1.29 is 4.79 Å². The highest BCUT2D eigenvalue weighted by molar-refractivity contribution is 5.80. The van der Waals surface area contributed by atoms with Crippen molar-refractivity contribution in [2.75, 3.05) is 6.54 Å². The molecule has 0 unspecified atom stereocenters. The van der Waals surface area contributed by atoms with Crippen molar-refractivity contribution in [3.05, 3.63) is 107 Å². The van der Waals surface area contributed by atoms with Gasteiger partial charge in [-0.2, -0.15) is 0 Å². The van der Waals surface area contributed by atoms with Crippen LogP contribution in [0.1, 0.15) is 36.8 Å². The molecule has 32 heavy (non-hydrogen) atoms. The fourth-order valence-corrected chi connectivity index (χ4v) is 4.32. The van der Waals surface area contributed by atoms with E-state index in [0.29, 0.717) is 13.1 Å². The first-order valence-electron chi connectivity index (χ1n) is 11.2. The Bertz CT molecular complexity index is 1190. The lowest BCUT2D eigenvalue weighted by Crippen LogP contribution is -2.34. The minimum atomic E-state index is -0.147. The Kier molecular flexibility index (Phi) is 6.85. The average molecular weight is 428 g/mol. The van der Waals surface area contributed by atoms with Crippen LogP contribution in [0, 0.1) is 0 Å². The Morgan fingerprint density at radius 3 is 1.91 bits per heavy atom. The SMILES string of the molecule is CCCn1c(=O)n(CC(=O)NCCC(c2ccccc2)c2ccccc2)c2ccccc21. The lowest BCUT2D eigenvalue weighted by molar-refractivity contribution is -0.121. The summed E-state index contributed by atoms with van der Waals surface area (Å²) in [4.78, 5) is 25.7. The number of para-hydroxylation sites is 2. The van der Waals surface area contributed by atoms with E-state index in [2.05, 4.69) is 29.6 Å². The normalized spacial score (nSPS) is 11.2. The number of aryl methyl sites for hydroxylation is 1. The van der Waals surface area contributed by atoms with Crippen molar-refractivity contribution in [1.29, 1.82) is 0 Å². The van der Waals surface area contributed by atoms with Crippen molar-refractivity contribution in [3.8, 4) is 0 Å². The standard InChI is InChI=1S/C27H29N3O2/c1-2-19-29-24-15-9-10-16-25(24)30(27(29)32)20-26(31)28-18-17-23(21-11-5-3-6-12-21)22-13-7-4-8-14-22/h3-16,23H,2,17-20H2,1H3,(H,28,31). The number of fused-ring (bicyclic) bond motifs is 1. The second-order valence-electron chi connectivity index (χ2n) is 8.02. The highest BCUT2D eigenvalue weighted by atomic mass is 16.2. The summed E-state index contributed by atoms with van der Waals surface area (Å²) in [6.07, 6.45) is 1.65. The third-order valence-electron chi connectivity index (χ3n) is 5.83. The Morgan fingerprint density at radius 1 is 0.812 bits per heavy atom. The minimum Gasteiger partial charge on any atom is -0.355 e. The van der Waals surface area contributed by atoms with Gasteiger partial charge in [0.05, 0.1) is 11.0 Å². The number of amides is 1. The number of hydrogen-bond donors (Lipinski definition) is 1. The number of carbonyl (C=O) groups is 1. The Labute approximate surface area is 188 Å². The van der Waals surface area contributed by atoms with Gasteiger partial charge >= 0.3 is 5.69 Å². The molecule has 4 rings (SSSR count). The monoisotopic (exact) mass is 427 g/mol. The average Bonchev–Trinajstić information content (AvgIpc) is 3.09. The summed E-state index contributed by atoms with van der Waals surface area (Å²) in [7, 11) is 0. The lowest BCUT2D eigenvalue weighted by Gasteiger charge is -2.18. The van der Waals surface area contributed by atoms with Crippen LogP contribution in [-0.4, -0.2) is 21.6 Å². The molecule has 0 aliphatic heterocycles. The van der Waals surface area contributed by atoms with E-state index in [1.54, 1.807) is 9.13 Å². The Hall–Kier alpha value is -3.60. The fourth-order valence-electron chi connectivity index (χ4n) is 4.32. The zero-order valence-electron chi connectivity index (χ0n) is 18.4. The molecule has 164 valence electrons. The lowest BCUT2D eigenvalue weighted by atomic mass is 9.88. The van der Waals surface area contributed by atoms with E-state index in [-0.39, 0.29) is 24.1 Å². The predicted molar refractivity (Wildman–Crippen MR) is 129 cm³/mol. The van der Waals surface area contributed by atoms with Crippen LogP contribution in [-0.2, 0) is 17.9 Å². The largest absolute Gasteiger partial charge is 0.355 e. The molecule has 3 aromatic carbocycles. The Morgan fingerprint density at radius 2 is 1.34 bits per heavy atom. The van der Waals surface area contributed by atoms with E-state index in [9.17, 15) is 9.59 Å². The Balaban J connectivity index is 1.46. The number of nitrogens with one attached hydrogen (secondary N) is 1. The van der Waals surface area contributed by atoms with Crippen molar-refractivity contribution in [2.45, 2.75) is 38.8 Å². The molecule has 0 spiro atoms. The van der Waals surface area contributed by atoms with Gasteiger partial charge in [-0.3, -0.25) is 13.9 Å². The van der Waals surface area contributed by atoms with Crippen LogP contribution < -0.4 is 11.0 Å². The first-order chi connectivity index (χ1) is 15.7. The molecule has 1 N–H and O–H groups in total. The van der Waals surface area contributed by atoms with Crippen LogP contribution in [0.25, 0.3) is 11.0 Å². The number of aromatic nitrogens is 2. The van der Waals surface area contributed by atoms with Crippen molar-refractivity contribution in [2.24, 2.45) is 0 Å². The number of rotatable bonds is 9. The van der Waals surface area contributed by atoms with E-state index >= 15 is 0 Å². The van der Waals surface area contributed by atoms with Crippen molar-refractivity contribution in [1.82, 2.24) is 14.5 Å². The van der Waals surface area contributed by atoms with E-state index in [4.69, 9.17) is 0 Å². The smallest absolute Gasteiger partial charge is 0.329 e. The molecule has 0 radical (unpaired) electrons. The highest BCUT2D eigenvalue weighted by Crippen LogP contribution is 2.27. The minimum absolute atomic E-state index is 0.0252. The van der Waals surface area contributed by atoms with E-state index in [1.807, 2.05) is 67.6 Å². The van der Waals surface area contributed by atoms with Crippen molar-refractivity contribution in [3.63, 3.8) is 0 Å². The van der Waals surface area contributed by atoms with Gasteiger partial charge in [0.2, 0.25) is 5.91 Å². The zero-order chi connectivity index (χ0) is 22.3. The second kappa shape index (κ2) is 10.1. The molecule has 1 aromatic heterocycles. The maximum absolute atomic E-state index is 12.9. The van der Waals surface area contributed by atoms with Gasteiger partial charge in [0.15, 0.2) is 0 Å². The predicted octanol–water partition coefficient (Wildman–Crippen LogP) is 4.55. The van der Waals surface area contributed by atoms with Gasteiger partial charge in [-0.25, -0.2) is 4.79 Å². The molecular formula is C27H29N3O2. The van der Waals surface area contributed by atoms with Gasteiger partial charge in [-0.05, 0) is 36.1 Å². The van der Waals surface area contributed by atoms with Crippen LogP contribution in [0.3, 0.4) is 0 Å². The number of hydrogen-bond acceptors (Lipinski definition) is 2. The summed E-state index contributed by atoms with van der Waals surface area (Å²) in [5.41, 5.74) is 4.00. The molecule has 5 heteroatoms. The van der Waals surface area contributed by atoms with E-state index in [0.717, 1.165) is 23.9 Å².